The number of ether oxygens (including phenoxy) is 2. The molecule has 0 aliphatic heterocycles. The molecule has 0 amide bonds. The number of rotatable bonds is 42. The molecule has 0 spiro atoms. The highest BCUT2D eigenvalue weighted by Gasteiger charge is 2.07. The lowest BCUT2D eigenvalue weighted by atomic mass is 10.0. The van der Waals surface area contributed by atoms with Crippen LogP contribution in [0.25, 0.3) is 0 Å². The van der Waals surface area contributed by atoms with E-state index in [0.717, 1.165) is 83.7 Å². The Hall–Kier alpha value is -1.14. The van der Waals surface area contributed by atoms with Crippen LogP contribution >= 0.6 is 0 Å². The van der Waals surface area contributed by atoms with Gasteiger partial charge in [-0.25, -0.2) is 0 Å². The third-order valence-electron chi connectivity index (χ3n) is 10.1. The minimum absolute atomic E-state index is 0.0310. The topological polar surface area (TPSA) is 76.1 Å². The van der Waals surface area contributed by atoms with Gasteiger partial charge in [0, 0.05) is 19.4 Å². The van der Waals surface area contributed by atoms with E-state index in [2.05, 4.69) is 18.7 Å². The first kappa shape index (κ1) is 48.9. The minimum atomic E-state index is -0.0507. The monoisotopic (exact) mass is 710 g/mol. The van der Waals surface area contributed by atoms with Gasteiger partial charge in [0.25, 0.3) is 0 Å². The summed E-state index contributed by atoms with van der Waals surface area (Å²) in [6.45, 7) is 8.57. The second-order valence-electron chi connectivity index (χ2n) is 15.1. The SMILES string of the molecule is CCCCCCCCCCCCCCCCCOC(=O)CCCCCCCN(CCO)CCCCCC(=O)OCCCCCCCCCCC. The van der Waals surface area contributed by atoms with E-state index in [9.17, 15) is 14.7 Å². The Kier molecular flexibility index (Phi) is 41.3. The molecule has 0 aromatic rings. The van der Waals surface area contributed by atoms with Gasteiger partial charge in [-0.15, -0.1) is 0 Å². The number of aliphatic hydroxyl groups is 1. The van der Waals surface area contributed by atoms with Crippen LogP contribution in [0.1, 0.15) is 232 Å². The average molecular weight is 710 g/mol. The molecule has 0 saturated carbocycles. The van der Waals surface area contributed by atoms with Crippen LogP contribution in [0.4, 0.5) is 0 Å². The maximum Gasteiger partial charge on any atom is 0.305 e. The largest absolute Gasteiger partial charge is 0.466 e. The summed E-state index contributed by atoms with van der Waals surface area (Å²) in [4.78, 5) is 26.4. The van der Waals surface area contributed by atoms with E-state index in [1.165, 1.54) is 135 Å². The summed E-state index contributed by atoms with van der Waals surface area (Å²) < 4.78 is 10.9. The molecule has 0 unspecified atom stereocenters. The van der Waals surface area contributed by atoms with Crippen LogP contribution in [0.3, 0.4) is 0 Å². The lowest BCUT2D eigenvalue weighted by Gasteiger charge is -2.21. The number of esters is 2. The van der Waals surface area contributed by atoms with Crippen molar-refractivity contribution in [1.29, 1.82) is 0 Å². The summed E-state index contributed by atoms with van der Waals surface area (Å²) in [5.41, 5.74) is 0. The van der Waals surface area contributed by atoms with Crippen LogP contribution < -0.4 is 0 Å². The molecule has 0 aromatic carbocycles. The number of carbonyl (C=O) groups is 2. The molecule has 298 valence electrons. The summed E-state index contributed by atoms with van der Waals surface area (Å²) in [7, 11) is 0. The first-order valence-electron chi connectivity index (χ1n) is 22.3. The van der Waals surface area contributed by atoms with E-state index in [0.29, 0.717) is 32.6 Å². The first-order valence-corrected chi connectivity index (χ1v) is 22.3. The molecule has 0 atom stereocenters. The van der Waals surface area contributed by atoms with Crippen molar-refractivity contribution >= 4 is 11.9 Å². The molecule has 0 aliphatic carbocycles. The van der Waals surface area contributed by atoms with Gasteiger partial charge in [-0.1, -0.05) is 181 Å². The van der Waals surface area contributed by atoms with E-state index in [4.69, 9.17) is 9.47 Å². The predicted octanol–water partition coefficient (Wildman–Crippen LogP) is 12.7. The summed E-state index contributed by atoms with van der Waals surface area (Å²) >= 11 is 0. The predicted molar refractivity (Wildman–Crippen MR) is 214 cm³/mol. The zero-order chi connectivity index (χ0) is 36.4. The standard InChI is InChI=1S/C44H87NO5/c1-3-5-7-9-11-13-14-15-16-17-18-20-22-27-34-41-49-43(47)35-29-24-23-25-31-37-45(39-40-46)38-32-28-30-36-44(48)50-42-33-26-21-19-12-10-8-6-4-2/h46H,3-42H2,1-2H3. The molecule has 6 heteroatoms. The highest BCUT2D eigenvalue weighted by molar-refractivity contribution is 5.69. The number of hydrogen-bond donors (Lipinski definition) is 1. The number of unbranched alkanes of at least 4 members (excludes halogenated alkanes) is 28. The smallest absolute Gasteiger partial charge is 0.305 e. The summed E-state index contributed by atoms with van der Waals surface area (Å²) in [6, 6.07) is 0. The third-order valence-corrected chi connectivity index (χ3v) is 10.1. The first-order chi connectivity index (χ1) is 24.6. The molecule has 0 bridgehead atoms. The van der Waals surface area contributed by atoms with Crippen LogP contribution in [-0.4, -0.2) is 61.4 Å². The molecular weight excluding hydrogens is 622 g/mol. The fourth-order valence-corrected chi connectivity index (χ4v) is 6.80. The van der Waals surface area contributed by atoms with Gasteiger partial charge in [0.15, 0.2) is 0 Å². The Bertz CT molecular complexity index is 687. The molecule has 0 heterocycles. The van der Waals surface area contributed by atoms with E-state index in [1.807, 2.05) is 0 Å². The van der Waals surface area contributed by atoms with Crippen LogP contribution in [0.2, 0.25) is 0 Å². The van der Waals surface area contributed by atoms with Gasteiger partial charge in [-0.2, -0.15) is 0 Å². The molecule has 0 aromatic heterocycles. The van der Waals surface area contributed by atoms with Crippen molar-refractivity contribution in [2.24, 2.45) is 0 Å². The molecule has 50 heavy (non-hydrogen) atoms. The molecule has 0 fully saturated rings. The molecule has 0 rings (SSSR count). The molecular formula is C44H87NO5. The van der Waals surface area contributed by atoms with Crippen LogP contribution in [0, 0.1) is 0 Å². The van der Waals surface area contributed by atoms with Crippen molar-refractivity contribution in [2.75, 3.05) is 39.5 Å². The van der Waals surface area contributed by atoms with E-state index in [1.54, 1.807) is 0 Å². The van der Waals surface area contributed by atoms with Crippen molar-refractivity contribution < 1.29 is 24.2 Å². The Labute approximate surface area is 312 Å². The zero-order valence-electron chi connectivity index (χ0n) is 33.8. The van der Waals surface area contributed by atoms with Crippen molar-refractivity contribution in [3.63, 3.8) is 0 Å². The van der Waals surface area contributed by atoms with Gasteiger partial charge >= 0.3 is 11.9 Å². The van der Waals surface area contributed by atoms with Gasteiger partial charge in [0.05, 0.1) is 19.8 Å². The Morgan fingerprint density at radius 2 is 0.660 bits per heavy atom. The van der Waals surface area contributed by atoms with Crippen LogP contribution in [0.5, 0.6) is 0 Å². The summed E-state index contributed by atoms with van der Waals surface area (Å²) in [6.07, 6.45) is 41.0. The second kappa shape index (κ2) is 42.3. The maximum atomic E-state index is 12.1. The van der Waals surface area contributed by atoms with Crippen LogP contribution in [0.15, 0.2) is 0 Å². The lowest BCUT2D eigenvalue weighted by Crippen LogP contribution is -2.29. The lowest BCUT2D eigenvalue weighted by molar-refractivity contribution is -0.144. The normalized spacial score (nSPS) is 11.4. The quantitative estimate of drug-likeness (QED) is 0.0502. The molecule has 6 nitrogen and oxygen atoms in total. The molecule has 0 saturated heterocycles. The number of hydrogen-bond acceptors (Lipinski definition) is 6. The van der Waals surface area contributed by atoms with E-state index >= 15 is 0 Å². The highest BCUT2D eigenvalue weighted by Crippen LogP contribution is 2.14. The number of nitrogens with zero attached hydrogens (tertiary/aromatic N) is 1. The third kappa shape index (κ3) is 39.6. The van der Waals surface area contributed by atoms with Gasteiger partial charge in [0.2, 0.25) is 0 Å². The van der Waals surface area contributed by atoms with Crippen molar-refractivity contribution in [1.82, 2.24) is 4.90 Å². The van der Waals surface area contributed by atoms with Gasteiger partial charge in [-0.05, 0) is 51.6 Å². The molecule has 1 N–H and O–H groups in total. The Morgan fingerprint density at radius 1 is 0.380 bits per heavy atom. The van der Waals surface area contributed by atoms with Crippen LogP contribution in [-0.2, 0) is 19.1 Å². The highest BCUT2D eigenvalue weighted by atomic mass is 16.5. The van der Waals surface area contributed by atoms with E-state index in [-0.39, 0.29) is 18.5 Å². The molecule has 0 radical (unpaired) electrons. The Balaban J connectivity index is 3.50. The van der Waals surface area contributed by atoms with Gasteiger partial charge in [-0.3, -0.25) is 9.59 Å². The molecule has 0 aliphatic rings. The summed E-state index contributed by atoms with van der Waals surface area (Å²) in [5, 5.41) is 9.47. The fourth-order valence-electron chi connectivity index (χ4n) is 6.80. The van der Waals surface area contributed by atoms with E-state index < -0.39 is 0 Å². The number of aliphatic hydroxyl groups excluding tert-OH is 1. The zero-order valence-corrected chi connectivity index (χ0v) is 33.8. The number of carbonyl (C=O) groups excluding carboxylic acids is 2. The van der Waals surface area contributed by atoms with Crippen molar-refractivity contribution in [2.45, 2.75) is 232 Å². The van der Waals surface area contributed by atoms with Crippen molar-refractivity contribution in [3.05, 3.63) is 0 Å². The maximum absolute atomic E-state index is 12.1. The fraction of sp³-hybridized carbons (Fsp3) is 0.955. The Morgan fingerprint density at radius 3 is 1.00 bits per heavy atom. The van der Waals surface area contributed by atoms with Crippen molar-refractivity contribution in [3.8, 4) is 0 Å². The summed E-state index contributed by atoms with van der Waals surface area (Å²) in [5.74, 6) is -0.0817. The van der Waals surface area contributed by atoms with Gasteiger partial charge < -0.3 is 19.5 Å². The second-order valence-corrected chi connectivity index (χ2v) is 15.1. The van der Waals surface area contributed by atoms with Gasteiger partial charge in [0.1, 0.15) is 0 Å². The minimum Gasteiger partial charge on any atom is -0.466 e. The average Bonchev–Trinajstić information content (AvgIpc) is 3.11.